The molecule has 0 amide bonds. The molecule has 0 saturated carbocycles. The van der Waals surface area contributed by atoms with Gasteiger partial charge in [-0.3, -0.25) is 9.59 Å². The predicted molar refractivity (Wildman–Crippen MR) is 91.7 cm³/mol. The van der Waals surface area contributed by atoms with Crippen LogP contribution in [-0.2, 0) is 28.5 Å². The molecule has 1 atom stereocenters. The van der Waals surface area contributed by atoms with Crippen molar-refractivity contribution in [3.8, 4) is 0 Å². The molecule has 2 aliphatic rings. The van der Waals surface area contributed by atoms with E-state index in [-0.39, 0.29) is 19.8 Å². The van der Waals surface area contributed by atoms with Gasteiger partial charge < -0.3 is 18.9 Å². The molecule has 2 rings (SSSR count). The van der Waals surface area contributed by atoms with Gasteiger partial charge in [0.1, 0.15) is 0 Å². The van der Waals surface area contributed by atoms with Gasteiger partial charge in [0.25, 0.3) is 0 Å². The van der Waals surface area contributed by atoms with Crippen LogP contribution in [0.5, 0.6) is 0 Å². The third-order valence-electron chi connectivity index (χ3n) is 4.45. The highest BCUT2D eigenvalue weighted by molar-refractivity contribution is 6.05. The smallest absolute Gasteiger partial charge is 0.333 e. The highest BCUT2D eigenvalue weighted by Crippen LogP contribution is 2.44. The molecule has 140 valence electrons. The molecular weight excluding hydrogens is 324 g/mol. The molecule has 1 fully saturated rings. The second-order valence-corrected chi connectivity index (χ2v) is 6.04. The van der Waals surface area contributed by atoms with Gasteiger partial charge in [-0.2, -0.15) is 0 Å². The standard InChI is InChI=1S/C19H28O6/c1-4-22-16(20)19(17(21)23-5-2)15(13-25-18(19)24-6-3)12-14-10-8-7-9-11-14/h10,12,18H,4-9,11,13H2,1-3H3/b15-12+. The molecule has 0 radical (unpaired) electrons. The number of hydrogen-bond donors (Lipinski definition) is 0. The van der Waals surface area contributed by atoms with Crippen LogP contribution >= 0.6 is 0 Å². The zero-order valence-electron chi connectivity index (χ0n) is 15.3. The Hall–Kier alpha value is -1.66. The van der Waals surface area contributed by atoms with Crippen LogP contribution < -0.4 is 0 Å². The van der Waals surface area contributed by atoms with Gasteiger partial charge >= 0.3 is 11.9 Å². The SMILES string of the molecule is CCOC(=O)C1(C(=O)OCC)/C(=C/C2=CCCCC2)COC1OCC. The van der Waals surface area contributed by atoms with E-state index in [9.17, 15) is 9.59 Å². The van der Waals surface area contributed by atoms with Gasteiger partial charge in [-0.05, 0) is 52.0 Å². The third-order valence-corrected chi connectivity index (χ3v) is 4.45. The Morgan fingerprint density at radius 3 is 2.36 bits per heavy atom. The maximum absolute atomic E-state index is 12.9. The van der Waals surface area contributed by atoms with Crippen LogP contribution in [0.3, 0.4) is 0 Å². The number of ether oxygens (including phenoxy) is 4. The van der Waals surface area contributed by atoms with Crippen LogP contribution in [0.2, 0.25) is 0 Å². The van der Waals surface area contributed by atoms with Gasteiger partial charge in [0.05, 0.1) is 19.8 Å². The van der Waals surface area contributed by atoms with E-state index in [1.54, 1.807) is 20.8 Å². The Kier molecular flexibility index (Phi) is 7.20. The molecule has 6 heteroatoms. The monoisotopic (exact) mass is 352 g/mol. The maximum atomic E-state index is 12.9. The van der Waals surface area contributed by atoms with Gasteiger partial charge in [-0.15, -0.1) is 0 Å². The van der Waals surface area contributed by atoms with E-state index >= 15 is 0 Å². The highest BCUT2D eigenvalue weighted by atomic mass is 16.7. The Bertz CT molecular complexity index is 530. The predicted octanol–water partition coefficient (Wildman–Crippen LogP) is 2.92. The van der Waals surface area contributed by atoms with Crippen LogP contribution in [0.4, 0.5) is 0 Å². The Balaban J connectivity index is 2.50. The Morgan fingerprint density at radius 2 is 1.84 bits per heavy atom. The van der Waals surface area contributed by atoms with E-state index in [1.165, 1.54) is 0 Å². The lowest BCUT2D eigenvalue weighted by atomic mass is 9.79. The first-order chi connectivity index (χ1) is 12.1. The van der Waals surface area contributed by atoms with Crippen LogP contribution in [0.15, 0.2) is 23.3 Å². The molecule has 1 aliphatic heterocycles. The number of allylic oxidation sites excluding steroid dienone is 3. The summed E-state index contributed by atoms with van der Waals surface area (Å²) in [4.78, 5) is 25.8. The first-order valence-corrected chi connectivity index (χ1v) is 9.08. The lowest BCUT2D eigenvalue weighted by Crippen LogP contribution is -2.50. The minimum Gasteiger partial charge on any atom is -0.465 e. The fourth-order valence-electron chi connectivity index (χ4n) is 3.28. The summed E-state index contributed by atoms with van der Waals surface area (Å²) in [5.74, 6) is -1.35. The van der Waals surface area contributed by atoms with Gasteiger partial charge in [-0.25, -0.2) is 0 Å². The molecule has 1 saturated heterocycles. The van der Waals surface area contributed by atoms with E-state index in [0.717, 1.165) is 31.3 Å². The van der Waals surface area contributed by atoms with E-state index < -0.39 is 23.6 Å². The first kappa shape index (κ1) is 19.7. The van der Waals surface area contributed by atoms with Crippen LogP contribution in [0.1, 0.15) is 46.5 Å². The van der Waals surface area contributed by atoms with Gasteiger partial charge in [0, 0.05) is 6.61 Å². The second kappa shape index (κ2) is 9.15. The summed E-state index contributed by atoms with van der Waals surface area (Å²) in [6, 6.07) is 0. The van der Waals surface area contributed by atoms with Crippen LogP contribution in [0.25, 0.3) is 0 Å². The molecule has 6 nitrogen and oxygen atoms in total. The molecule has 0 N–H and O–H groups in total. The fourth-order valence-corrected chi connectivity index (χ4v) is 3.28. The highest BCUT2D eigenvalue weighted by Gasteiger charge is 2.63. The topological polar surface area (TPSA) is 71.1 Å². The average Bonchev–Trinajstić information content (AvgIpc) is 2.95. The largest absolute Gasteiger partial charge is 0.465 e. The zero-order valence-corrected chi connectivity index (χ0v) is 15.3. The van der Waals surface area contributed by atoms with Crippen molar-refractivity contribution in [1.82, 2.24) is 0 Å². The summed E-state index contributed by atoms with van der Waals surface area (Å²) in [5, 5.41) is 0. The van der Waals surface area contributed by atoms with E-state index in [1.807, 2.05) is 6.08 Å². The minimum atomic E-state index is -1.69. The van der Waals surface area contributed by atoms with Crippen molar-refractivity contribution in [3.05, 3.63) is 23.3 Å². The normalized spacial score (nSPS) is 24.0. The van der Waals surface area contributed by atoms with Gasteiger partial charge in [-0.1, -0.05) is 17.7 Å². The Labute approximate surface area is 149 Å². The van der Waals surface area contributed by atoms with Crippen molar-refractivity contribution in [1.29, 1.82) is 0 Å². The summed E-state index contributed by atoms with van der Waals surface area (Å²) in [5.41, 5.74) is -0.0312. The zero-order chi connectivity index (χ0) is 18.3. The quantitative estimate of drug-likeness (QED) is 0.518. The molecule has 25 heavy (non-hydrogen) atoms. The first-order valence-electron chi connectivity index (χ1n) is 9.08. The van der Waals surface area contributed by atoms with Crippen LogP contribution in [-0.4, -0.2) is 44.7 Å². The van der Waals surface area contributed by atoms with Crippen molar-refractivity contribution in [3.63, 3.8) is 0 Å². The third kappa shape index (κ3) is 3.96. The van der Waals surface area contributed by atoms with E-state index in [4.69, 9.17) is 18.9 Å². The molecule has 0 aromatic carbocycles. The minimum absolute atomic E-state index is 0.139. The molecule has 1 heterocycles. The molecule has 0 aromatic rings. The van der Waals surface area contributed by atoms with Crippen molar-refractivity contribution in [2.45, 2.75) is 52.7 Å². The molecule has 1 aliphatic carbocycles. The van der Waals surface area contributed by atoms with E-state index in [0.29, 0.717) is 12.2 Å². The molecular formula is C19H28O6. The maximum Gasteiger partial charge on any atom is 0.333 e. The summed E-state index contributed by atoms with van der Waals surface area (Å²) >= 11 is 0. The molecule has 0 spiro atoms. The van der Waals surface area contributed by atoms with E-state index in [2.05, 4.69) is 6.08 Å². The van der Waals surface area contributed by atoms with Gasteiger partial charge in [0.2, 0.25) is 5.41 Å². The number of carbonyl (C=O) groups is 2. The summed E-state index contributed by atoms with van der Waals surface area (Å²) in [6.45, 7) is 5.96. The molecule has 0 bridgehead atoms. The van der Waals surface area contributed by atoms with Crippen molar-refractivity contribution >= 4 is 11.9 Å². The van der Waals surface area contributed by atoms with Crippen molar-refractivity contribution < 1.29 is 28.5 Å². The number of rotatable bonds is 7. The number of carbonyl (C=O) groups excluding carboxylic acids is 2. The van der Waals surface area contributed by atoms with Crippen molar-refractivity contribution in [2.75, 3.05) is 26.4 Å². The lowest BCUT2D eigenvalue weighted by molar-refractivity contribution is -0.200. The molecule has 1 unspecified atom stereocenters. The Morgan fingerprint density at radius 1 is 1.16 bits per heavy atom. The summed E-state index contributed by atoms with van der Waals surface area (Å²) in [6.07, 6.45) is 7.18. The number of esters is 2. The second-order valence-electron chi connectivity index (χ2n) is 6.04. The number of hydrogen-bond acceptors (Lipinski definition) is 6. The summed E-state index contributed by atoms with van der Waals surface area (Å²) in [7, 11) is 0. The lowest BCUT2D eigenvalue weighted by Gasteiger charge is -2.30. The summed E-state index contributed by atoms with van der Waals surface area (Å²) < 4.78 is 21.7. The van der Waals surface area contributed by atoms with Gasteiger partial charge in [0.15, 0.2) is 6.29 Å². The average molecular weight is 352 g/mol. The van der Waals surface area contributed by atoms with Crippen LogP contribution in [0, 0.1) is 5.41 Å². The fraction of sp³-hybridized carbons (Fsp3) is 0.684. The van der Waals surface area contributed by atoms with Crippen molar-refractivity contribution in [2.24, 2.45) is 5.41 Å². The molecule has 0 aromatic heterocycles.